The second kappa shape index (κ2) is 5.82. The molecule has 3 nitrogen and oxygen atoms in total. The standard InChI is InChI=1S/C14H20N2O/c1-15-9-11-16(12-10-15)14(17)8-7-13-5-3-2-4-6-13/h2-6H,7-12H2,1H3/p+1. The summed E-state index contributed by atoms with van der Waals surface area (Å²) in [7, 11) is 2.19. The van der Waals surface area contributed by atoms with Gasteiger partial charge in [-0.25, -0.2) is 0 Å². The van der Waals surface area contributed by atoms with Crippen LogP contribution in [0.25, 0.3) is 0 Å². The van der Waals surface area contributed by atoms with Crippen molar-refractivity contribution in [2.75, 3.05) is 33.2 Å². The fraction of sp³-hybridized carbons (Fsp3) is 0.500. The molecule has 0 saturated carbocycles. The Morgan fingerprint density at radius 2 is 1.88 bits per heavy atom. The fourth-order valence-electron chi connectivity index (χ4n) is 2.19. The summed E-state index contributed by atoms with van der Waals surface area (Å²) in [6.07, 6.45) is 1.50. The second-order valence-electron chi connectivity index (χ2n) is 4.82. The highest BCUT2D eigenvalue weighted by atomic mass is 16.2. The number of piperazine rings is 1. The van der Waals surface area contributed by atoms with Gasteiger partial charge < -0.3 is 9.80 Å². The molecule has 0 aliphatic carbocycles. The molecule has 1 amide bonds. The van der Waals surface area contributed by atoms with Gasteiger partial charge >= 0.3 is 0 Å². The van der Waals surface area contributed by atoms with Crippen LogP contribution >= 0.6 is 0 Å². The van der Waals surface area contributed by atoms with Crippen molar-refractivity contribution in [2.45, 2.75) is 12.8 Å². The zero-order chi connectivity index (χ0) is 12.1. The van der Waals surface area contributed by atoms with E-state index in [1.807, 2.05) is 23.1 Å². The Kier molecular flexibility index (Phi) is 4.15. The molecule has 3 heteroatoms. The lowest BCUT2D eigenvalue weighted by atomic mass is 10.1. The van der Waals surface area contributed by atoms with E-state index in [9.17, 15) is 4.79 Å². The first kappa shape index (κ1) is 12.1. The fourth-order valence-corrected chi connectivity index (χ4v) is 2.19. The minimum atomic E-state index is 0.307. The molecule has 1 fully saturated rings. The first-order chi connectivity index (χ1) is 8.25. The Hall–Kier alpha value is -1.35. The Balaban J connectivity index is 1.78. The lowest BCUT2D eigenvalue weighted by Crippen LogP contribution is -3.12. The number of benzene rings is 1. The van der Waals surface area contributed by atoms with Gasteiger partial charge in [0.25, 0.3) is 0 Å². The summed E-state index contributed by atoms with van der Waals surface area (Å²) in [5.74, 6) is 0.307. The van der Waals surface area contributed by atoms with Gasteiger partial charge in [0.15, 0.2) is 0 Å². The van der Waals surface area contributed by atoms with Gasteiger partial charge in [-0.2, -0.15) is 0 Å². The number of carbonyl (C=O) groups is 1. The summed E-state index contributed by atoms with van der Waals surface area (Å²) in [6.45, 7) is 3.99. The van der Waals surface area contributed by atoms with Crippen molar-refractivity contribution < 1.29 is 9.69 Å². The van der Waals surface area contributed by atoms with E-state index in [-0.39, 0.29) is 0 Å². The molecule has 1 aliphatic rings. The summed E-state index contributed by atoms with van der Waals surface area (Å²) in [6, 6.07) is 10.2. The van der Waals surface area contributed by atoms with Gasteiger partial charge in [0, 0.05) is 6.42 Å². The molecular weight excluding hydrogens is 212 g/mol. The molecule has 1 N–H and O–H groups in total. The molecule has 1 aromatic carbocycles. The number of nitrogens with zero attached hydrogens (tertiary/aromatic N) is 1. The maximum atomic E-state index is 12.0. The number of hydrogen-bond acceptors (Lipinski definition) is 1. The van der Waals surface area contributed by atoms with E-state index in [2.05, 4.69) is 19.2 Å². The van der Waals surface area contributed by atoms with Crippen LogP contribution in [0.4, 0.5) is 0 Å². The Bertz CT molecular complexity index is 356. The van der Waals surface area contributed by atoms with Crippen LogP contribution in [0, 0.1) is 0 Å². The third-order valence-electron chi connectivity index (χ3n) is 3.44. The van der Waals surface area contributed by atoms with Gasteiger partial charge in [0.2, 0.25) is 5.91 Å². The van der Waals surface area contributed by atoms with Crippen LogP contribution < -0.4 is 4.90 Å². The van der Waals surface area contributed by atoms with Crippen molar-refractivity contribution in [1.29, 1.82) is 0 Å². The number of likely N-dealkylation sites (N-methyl/N-ethyl adjacent to an activating group) is 1. The first-order valence-corrected chi connectivity index (χ1v) is 6.39. The predicted octanol–water partition coefficient (Wildman–Crippen LogP) is -0.0239. The van der Waals surface area contributed by atoms with Gasteiger partial charge in [-0.1, -0.05) is 30.3 Å². The number of nitrogens with one attached hydrogen (secondary N) is 1. The monoisotopic (exact) mass is 233 g/mol. The van der Waals surface area contributed by atoms with Crippen molar-refractivity contribution in [1.82, 2.24) is 4.90 Å². The average Bonchev–Trinajstić information content (AvgIpc) is 2.38. The van der Waals surface area contributed by atoms with Crippen LogP contribution in [-0.2, 0) is 11.2 Å². The number of rotatable bonds is 3. The summed E-state index contributed by atoms with van der Waals surface area (Å²) in [5.41, 5.74) is 1.25. The van der Waals surface area contributed by atoms with Crippen LogP contribution in [0.1, 0.15) is 12.0 Å². The van der Waals surface area contributed by atoms with Crippen LogP contribution in [-0.4, -0.2) is 44.0 Å². The molecule has 0 aromatic heterocycles. The van der Waals surface area contributed by atoms with E-state index < -0.39 is 0 Å². The summed E-state index contributed by atoms with van der Waals surface area (Å²) in [5, 5.41) is 0. The van der Waals surface area contributed by atoms with Crippen LogP contribution in [0.2, 0.25) is 0 Å². The molecule has 1 heterocycles. The van der Waals surface area contributed by atoms with Crippen LogP contribution in [0.15, 0.2) is 30.3 Å². The number of amides is 1. The smallest absolute Gasteiger partial charge is 0.223 e. The third-order valence-corrected chi connectivity index (χ3v) is 3.44. The predicted molar refractivity (Wildman–Crippen MR) is 68.0 cm³/mol. The van der Waals surface area contributed by atoms with Gasteiger partial charge in [0.05, 0.1) is 33.2 Å². The minimum Gasteiger partial charge on any atom is -0.334 e. The summed E-state index contributed by atoms with van der Waals surface area (Å²) < 4.78 is 0. The van der Waals surface area contributed by atoms with Gasteiger partial charge in [-0.15, -0.1) is 0 Å². The van der Waals surface area contributed by atoms with Gasteiger partial charge in [-0.3, -0.25) is 4.79 Å². The van der Waals surface area contributed by atoms with E-state index in [0.29, 0.717) is 12.3 Å². The van der Waals surface area contributed by atoms with Crippen LogP contribution in [0.3, 0.4) is 0 Å². The van der Waals surface area contributed by atoms with Crippen molar-refractivity contribution in [3.8, 4) is 0 Å². The lowest BCUT2D eigenvalue weighted by molar-refractivity contribution is -0.883. The molecule has 0 bridgehead atoms. The van der Waals surface area contributed by atoms with Crippen molar-refractivity contribution >= 4 is 5.91 Å². The second-order valence-corrected chi connectivity index (χ2v) is 4.82. The zero-order valence-electron chi connectivity index (χ0n) is 10.5. The maximum absolute atomic E-state index is 12.0. The van der Waals surface area contributed by atoms with Crippen molar-refractivity contribution in [3.05, 3.63) is 35.9 Å². The molecule has 2 rings (SSSR count). The Labute approximate surface area is 103 Å². The molecule has 0 radical (unpaired) electrons. The average molecular weight is 233 g/mol. The highest BCUT2D eigenvalue weighted by Crippen LogP contribution is 2.04. The normalized spacial score (nSPS) is 17.1. The Morgan fingerprint density at radius 3 is 2.53 bits per heavy atom. The number of carbonyl (C=O) groups excluding carboxylic acids is 1. The molecular formula is C14H21N2O+. The quantitative estimate of drug-likeness (QED) is 0.779. The first-order valence-electron chi connectivity index (χ1n) is 6.39. The highest BCUT2D eigenvalue weighted by molar-refractivity contribution is 5.76. The SMILES string of the molecule is C[NH+]1CCN(C(=O)CCc2ccccc2)CC1. The van der Waals surface area contributed by atoms with Crippen molar-refractivity contribution in [2.24, 2.45) is 0 Å². The molecule has 1 aromatic rings. The van der Waals surface area contributed by atoms with Gasteiger partial charge in [0.1, 0.15) is 0 Å². The maximum Gasteiger partial charge on any atom is 0.223 e. The van der Waals surface area contributed by atoms with E-state index >= 15 is 0 Å². The summed E-state index contributed by atoms with van der Waals surface area (Å²) >= 11 is 0. The van der Waals surface area contributed by atoms with E-state index in [1.165, 1.54) is 10.5 Å². The Morgan fingerprint density at radius 1 is 1.24 bits per heavy atom. The molecule has 1 saturated heterocycles. The molecule has 0 unspecified atom stereocenters. The molecule has 17 heavy (non-hydrogen) atoms. The minimum absolute atomic E-state index is 0.307. The van der Waals surface area contributed by atoms with Gasteiger partial charge in [-0.05, 0) is 12.0 Å². The zero-order valence-corrected chi connectivity index (χ0v) is 10.5. The van der Waals surface area contributed by atoms with E-state index in [1.54, 1.807) is 0 Å². The topological polar surface area (TPSA) is 24.8 Å². The number of quaternary nitrogens is 1. The molecule has 1 aliphatic heterocycles. The third kappa shape index (κ3) is 3.56. The van der Waals surface area contributed by atoms with E-state index in [4.69, 9.17) is 0 Å². The summed E-state index contributed by atoms with van der Waals surface area (Å²) in [4.78, 5) is 15.5. The lowest BCUT2D eigenvalue weighted by Gasteiger charge is -2.30. The number of aryl methyl sites for hydroxylation is 1. The van der Waals surface area contributed by atoms with Crippen molar-refractivity contribution in [3.63, 3.8) is 0 Å². The number of hydrogen-bond donors (Lipinski definition) is 1. The molecule has 0 spiro atoms. The van der Waals surface area contributed by atoms with Crippen LogP contribution in [0.5, 0.6) is 0 Å². The molecule has 92 valence electrons. The largest absolute Gasteiger partial charge is 0.334 e. The molecule has 0 atom stereocenters. The highest BCUT2D eigenvalue weighted by Gasteiger charge is 2.20. The van der Waals surface area contributed by atoms with E-state index in [0.717, 1.165) is 32.6 Å².